The highest BCUT2D eigenvalue weighted by Gasteiger charge is 2.00. The molecule has 82 valence electrons. The van der Waals surface area contributed by atoms with E-state index in [1.54, 1.807) is 12.1 Å². The minimum Gasteiger partial charge on any atom is -0.385 e. The maximum Gasteiger partial charge on any atom is 0.252 e. The number of benzene rings is 1. The van der Waals surface area contributed by atoms with Gasteiger partial charge in [-0.15, -0.1) is 0 Å². The summed E-state index contributed by atoms with van der Waals surface area (Å²) in [5.41, 5.74) is 1.57. The van der Waals surface area contributed by atoms with Gasteiger partial charge in [0.25, 0.3) is 5.24 Å². The number of nitrogens with one attached hydrogen (secondary N) is 1. The van der Waals surface area contributed by atoms with Crippen LogP contribution in [-0.4, -0.2) is 11.8 Å². The van der Waals surface area contributed by atoms with E-state index in [1.807, 2.05) is 12.1 Å². The molecule has 2 nitrogen and oxygen atoms in total. The van der Waals surface area contributed by atoms with Crippen LogP contribution in [0.5, 0.6) is 0 Å². The van der Waals surface area contributed by atoms with E-state index in [0.29, 0.717) is 5.56 Å². The molecule has 0 aromatic heterocycles. The van der Waals surface area contributed by atoms with Gasteiger partial charge in [0.1, 0.15) is 0 Å². The lowest BCUT2D eigenvalue weighted by Gasteiger charge is -2.05. The van der Waals surface area contributed by atoms with Gasteiger partial charge in [0.05, 0.1) is 0 Å². The Balaban J connectivity index is 2.39. The Morgan fingerprint density at radius 2 is 1.93 bits per heavy atom. The quantitative estimate of drug-likeness (QED) is 0.591. The normalized spacial score (nSPS) is 10.0. The van der Waals surface area contributed by atoms with Gasteiger partial charge in [0.15, 0.2) is 0 Å². The van der Waals surface area contributed by atoms with Crippen molar-refractivity contribution in [3.63, 3.8) is 0 Å². The largest absolute Gasteiger partial charge is 0.385 e. The van der Waals surface area contributed by atoms with Crippen molar-refractivity contribution in [2.75, 3.05) is 11.9 Å². The van der Waals surface area contributed by atoms with Crippen LogP contribution in [0.25, 0.3) is 0 Å². The molecule has 0 saturated heterocycles. The molecule has 0 atom stereocenters. The number of unbranched alkanes of at least 4 members (excludes halogenated alkanes) is 2. The van der Waals surface area contributed by atoms with Crippen LogP contribution in [0.2, 0.25) is 0 Å². The van der Waals surface area contributed by atoms with E-state index in [0.717, 1.165) is 12.2 Å². The van der Waals surface area contributed by atoms with Crippen LogP contribution in [0.1, 0.15) is 36.5 Å². The molecule has 0 aliphatic rings. The Kier molecular flexibility index (Phi) is 5.19. The Morgan fingerprint density at radius 1 is 1.27 bits per heavy atom. The van der Waals surface area contributed by atoms with Crippen molar-refractivity contribution in [3.05, 3.63) is 29.8 Å². The molecular weight excluding hydrogens is 210 g/mol. The lowest BCUT2D eigenvalue weighted by atomic mass is 10.2. The van der Waals surface area contributed by atoms with E-state index in [1.165, 1.54) is 19.3 Å². The first-order valence-electron chi connectivity index (χ1n) is 5.28. The van der Waals surface area contributed by atoms with Crippen molar-refractivity contribution < 1.29 is 4.79 Å². The number of hydrogen-bond donors (Lipinski definition) is 1. The van der Waals surface area contributed by atoms with Crippen molar-refractivity contribution >= 4 is 22.5 Å². The molecular formula is C12H16ClNO. The SMILES string of the molecule is CCCCCNc1ccc(C(=O)Cl)cc1. The van der Waals surface area contributed by atoms with Gasteiger partial charge < -0.3 is 5.32 Å². The molecule has 0 unspecified atom stereocenters. The van der Waals surface area contributed by atoms with Crippen molar-refractivity contribution in [1.82, 2.24) is 0 Å². The van der Waals surface area contributed by atoms with Gasteiger partial charge in [0.2, 0.25) is 0 Å². The van der Waals surface area contributed by atoms with E-state index in [4.69, 9.17) is 11.6 Å². The molecule has 0 spiro atoms. The van der Waals surface area contributed by atoms with Gasteiger partial charge in [-0.2, -0.15) is 0 Å². The summed E-state index contributed by atoms with van der Waals surface area (Å²) in [5, 5.41) is 2.88. The molecule has 15 heavy (non-hydrogen) atoms. The van der Waals surface area contributed by atoms with Gasteiger partial charge in [-0.1, -0.05) is 19.8 Å². The topological polar surface area (TPSA) is 29.1 Å². The standard InChI is InChI=1S/C12H16ClNO/c1-2-3-4-9-14-11-7-5-10(6-8-11)12(13)15/h5-8,14H,2-4,9H2,1H3. The first kappa shape index (κ1) is 12.1. The van der Waals surface area contributed by atoms with Crippen LogP contribution >= 0.6 is 11.6 Å². The van der Waals surface area contributed by atoms with Crippen molar-refractivity contribution in [1.29, 1.82) is 0 Å². The van der Waals surface area contributed by atoms with E-state index < -0.39 is 5.24 Å². The monoisotopic (exact) mass is 225 g/mol. The maximum atomic E-state index is 10.8. The second kappa shape index (κ2) is 6.46. The number of hydrogen-bond acceptors (Lipinski definition) is 2. The van der Waals surface area contributed by atoms with Crippen LogP contribution in [0.15, 0.2) is 24.3 Å². The Labute approximate surface area is 95.6 Å². The second-order valence-corrected chi connectivity index (χ2v) is 3.83. The Morgan fingerprint density at radius 3 is 2.47 bits per heavy atom. The highest BCUT2D eigenvalue weighted by molar-refractivity contribution is 6.67. The number of halogens is 1. The zero-order chi connectivity index (χ0) is 11.1. The molecule has 0 bridgehead atoms. The zero-order valence-electron chi connectivity index (χ0n) is 8.92. The molecule has 1 rings (SSSR count). The van der Waals surface area contributed by atoms with E-state index >= 15 is 0 Å². The second-order valence-electron chi connectivity index (χ2n) is 3.48. The molecule has 0 aliphatic heterocycles. The summed E-state index contributed by atoms with van der Waals surface area (Å²) >= 11 is 5.34. The molecule has 1 N–H and O–H groups in total. The van der Waals surface area contributed by atoms with Crippen molar-refractivity contribution in [2.45, 2.75) is 26.2 Å². The minimum atomic E-state index is -0.410. The fourth-order valence-corrected chi connectivity index (χ4v) is 1.45. The fourth-order valence-electron chi connectivity index (χ4n) is 1.33. The molecule has 0 radical (unpaired) electrons. The number of rotatable bonds is 6. The molecule has 3 heteroatoms. The smallest absolute Gasteiger partial charge is 0.252 e. The molecule has 1 aromatic rings. The van der Waals surface area contributed by atoms with Gasteiger partial charge in [-0.25, -0.2) is 0 Å². The van der Waals surface area contributed by atoms with E-state index in [2.05, 4.69) is 12.2 Å². The van der Waals surface area contributed by atoms with Crippen molar-refractivity contribution in [3.8, 4) is 0 Å². The van der Waals surface area contributed by atoms with Gasteiger partial charge in [-0.05, 0) is 42.3 Å². The fraction of sp³-hybridized carbons (Fsp3) is 0.417. The van der Waals surface area contributed by atoms with Crippen molar-refractivity contribution in [2.24, 2.45) is 0 Å². The molecule has 0 saturated carbocycles. The minimum absolute atomic E-state index is 0.410. The molecule has 0 heterocycles. The first-order valence-corrected chi connectivity index (χ1v) is 5.65. The van der Waals surface area contributed by atoms with Crippen LogP contribution in [-0.2, 0) is 0 Å². The molecule has 0 aliphatic carbocycles. The summed E-state index contributed by atoms with van der Waals surface area (Å²) in [5.74, 6) is 0. The molecule has 1 aromatic carbocycles. The van der Waals surface area contributed by atoms with Gasteiger partial charge in [0, 0.05) is 17.8 Å². The summed E-state index contributed by atoms with van der Waals surface area (Å²) in [6.07, 6.45) is 3.64. The molecule has 0 amide bonds. The average Bonchev–Trinajstić information content (AvgIpc) is 2.25. The zero-order valence-corrected chi connectivity index (χ0v) is 9.68. The first-order chi connectivity index (χ1) is 7.24. The maximum absolute atomic E-state index is 10.8. The van der Waals surface area contributed by atoms with Crippen LogP contribution < -0.4 is 5.32 Å². The van der Waals surface area contributed by atoms with Gasteiger partial charge in [-0.3, -0.25) is 4.79 Å². The highest BCUT2D eigenvalue weighted by atomic mass is 35.5. The van der Waals surface area contributed by atoms with Gasteiger partial charge >= 0.3 is 0 Å². The average molecular weight is 226 g/mol. The Hall–Kier alpha value is -1.02. The third-order valence-electron chi connectivity index (χ3n) is 2.22. The van der Waals surface area contributed by atoms with Crippen LogP contribution in [0.3, 0.4) is 0 Å². The van der Waals surface area contributed by atoms with E-state index in [-0.39, 0.29) is 0 Å². The number of anilines is 1. The predicted molar refractivity (Wildman–Crippen MR) is 64.6 cm³/mol. The summed E-state index contributed by atoms with van der Waals surface area (Å²) in [6.45, 7) is 3.16. The lowest BCUT2D eigenvalue weighted by molar-refractivity contribution is 0.108. The summed E-state index contributed by atoms with van der Waals surface area (Å²) in [4.78, 5) is 10.8. The Bertz CT molecular complexity index is 308. The summed E-state index contributed by atoms with van der Waals surface area (Å²) < 4.78 is 0. The summed E-state index contributed by atoms with van der Waals surface area (Å²) in [6, 6.07) is 7.22. The molecule has 0 fully saturated rings. The van der Waals surface area contributed by atoms with Crippen LogP contribution in [0.4, 0.5) is 5.69 Å². The third-order valence-corrected chi connectivity index (χ3v) is 2.44. The third kappa shape index (κ3) is 4.34. The van der Waals surface area contributed by atoms with Crippen LogP contribution in [0, 0.1) is 0 Å². The number of carbonyl (C=O) groups excluding carboxylic acids is 1. The number of carbonyl (C=O) groups is 1. The summed E-state index contributed by atoms with van der Waals surface area (Å²) in [7, 11) is 0. The van der Waals surface area contributed by atoms with E-state index in [9.17, 15) is 4.79 Å². The lowest BCUT2D eigenvalue weighted by Crippen LogP contribution is -2.01. The predicted octanol–water partition coefficient (Wildman–Crippen LogP) is 3.67. The highest BCUT2D eigenvalue weighted by Crippen LogP contribution is 2.11.